The van der Waals surface area contributed by atoms with Crippen LogP contribution in [-0.4, -0.2) is 0 Å². The summed E-state index contributed by atoms with van der Waals surface area (Å²) in [7, 11) is 0. The predicted octanol–water partition coefficient (Wildman–Crippen LogP) is 18.6. The molecule has 0 saturated carbocycles. The highest BCUT2D eigenvalue weighted by Crippen LogP contribution is 2.46. The van der Waals surface area contributed by atoms with Gasteiger partial charge in [0.15, 0.2) is 0 Å². The number of rotatable bonds is 6. The molecule has 0 nitrogen and oxygen atoms in total. The van der Waals surface area contributed by atoms with Crippen LogP contribution in [0.3, 0.4) is 0 Å². The van der Waals surface area contributed by atoms with Gasteiger partial charge in [0.25, 0.3) is 0 Å². The van der Waals surface area contributed by atoms with Gasteiger partial charge >= 0.3 is 0 Å². The van der Waals surface area contributed by atoms with Gasteiger partial charge in [-0.3, -0.25) is 0 Å². The highest BCUT2D eigenvalue weighted by atomic mass is 14.2. The van der Waals surface area contributed by atoms with Crippen LogP contribution in [-0.2, 0) is 0 Å². The van der Waals surface area contributed by atoms with Crippen LogP contribution < -0.4 is 0 Å². The molecule has 0 spiro atoms. The molecule has 0 fully saturated rings. The first-order valence-electron chi connectivity index (χ1n) is 22.9. The Bertz CT molecular complexity index is 3900. The van der Waals surface area contributed by atoms with Crippen molar-refractivity contribution in [1.29, 1.82) is 0 Å². The monoisotopic (exact) mass is 834 g/mol. The second kappa shape index (κ2) is 15.6. The maximum Gasteiger partial charge on any atom is -0.00262 e. The number of fused-ring (bicyclic) bond motifs is 7. The van der Waals surface area contributed by atoms with Crippen LogP contribution in [0.5, 0.6) is 0 Å². The summed E-state index contributed by atoms with van der Waals surface area (Å²) in [5.41, 5.74) is 14.9. The first kappa shape index (κ1) is 37.9. The molecule has 13 aromatic rings. The number of hydrogen-bond acceptors (Lipinski definition) is 0. The minimum absolute atomic E-state index is 1.20. The van der Waals surface area contributed by atoms with Crippen molar-refractivity contribution in [3.8, 4) is 66.8 Å². The van der Waals surface area contributed by atoms with Gasteiger partial charge in [0, 0.05) is 0 Å². The van der Waals surface area contributed by atoms with Crippen LogP contribution in [0.15, 0.2) is 255 Å². The van der Waals surface area contributed by atoms with Gasteiger partial charge in [-0.05, 0) is 150 Å². The third kappa shape index (κ3) is 6.22. The summed E-state index contributed by atoms with van der Waals surface area (Å²) in [4.78, 5) is 0. The molecule has 0 aromatic heterocycles. The van der Waals surface area contributed by atoms with Crippen LogP contribution in [0, 0.1) is 0 Å². The number of benzene rings is 13. The van der Waals surface area contributed by atoms with Crippen molar-refractivity contribution < 1.29 is 0 Å². The Labute approximate surface area is 384 Å². The largest absolute Gasteiger partial charge is 0.0622 e. The van der Waals surface area contributed by atoms with Crippen molar-refractivity contribution >= 4 is 64.6 Å². The molecule has 66 heavy (non-hydrogen) atoms. The van der Waals surface area contributed by atoms with E-state index in [-0.39, 0.29) is 0 Å². The summed E-state index contributed by atoms with van der Waals surface area (Å²) in [5.74, 6) is 0. The van der Waals surface area contributed by atoms with Crippen molar-refractivity contribution in [3.05, 3.63) is 255 Å². The molecule has 0 heterocycles. The van der Waals surface area contributed by atoms with Gasteiger partial charge in [-0.2, -0.15) is 0 Å². The minimum atomic E-state index is 1.20. The summed E-state index contributed by atoms with van der Waals surface area (Å²) in [6, 6.07) is 94.0. The van der Waals surface area contributed by atoms with E-state index >= 15 is 0 Å². The Kier molecular flexibility index (Phi) is 8.96. The van der Waals surface area contributed by atoms with E-state index in [2.05, 4.69) is 255 Å². The van der Waals surface area contributed by atoms with E-state index in [1.807, 2.05) is 0 Å². The lowest BCUT2D eigenvalue weighted by atomic mass is 9.85. The highest BCUT2D eigenvalue weighted by Gasteiger charge is 2.19. The van der Waals surface area contributed by atoms with Gasteiger partial charge in [-0.1, -0.05) is 237 Å². The fraction of sp³-hybridized carbons (Fsp3) is 0. The highest BCUT2D eigenvalue weighted by molar-refractivity contribution is 6.23. The molecule has 0 saturated heterocycles. The zero-order valence-electron chi connectivity index (χ0n) is 36.2. The fourth-order valence-corrected chi connectivity index (χ4v) is 10.8. The lowest BCUT2D eigenvalue weighted by Crippen LogP contribution is -1.91. The van der Waals surface area contributed by atoms with Crippen molar-refractivity contribution in [2.75, 3.05) is 0 Å². The standard InChI is InChI=1S/C66H42/c1-3-16-46(17-4-1)63-53-22-7-9-24-55(53)65(56-25-10-8-23-54(56)63)48-36-30-43(31-37-48)50-38-34-44-32-33-45-35-39-51(42-62(45)61(44)41-50)49-20-15-21-52(40-49)66-59-28-13-11-26-57(59)64(47-18-5-2-6-19-47)58-27-12-14-29-60(58)66/h1-42H. The van der Waals surface area contributed by atoms with Crippen molar-refractivity contribution in [3.63, 3.8) is 0 Å². The van der Waals surface area contributed by atoms with E-state index in [0.29, 0.717) is 0 Å². The van der Waals surface area contributed by atoms with Gasteiger partial charge in [0.2, 0.25) is 0 Å². The van der Waals surface area contributed by atoms with Gasteiger partial charge in [-0.25, -0.2) is 0 Å². The Morgan fingerprint density at radius 2 is 0.394 bits per heavy atom. The Hall–Kier alpha value is -8.58. The first-order chi connectivity index (χ1) is 32.7. The first-order valence-corrected chi connectivity index (χ1v) is 22.9. The van der Waals surface area contributed by atoms with E-state index in [1.165, 1.54) is 131 Å². The summed E-state index contributed by atoms with van der Waals surface area (Å²) < 4.78 is 0. The Morgan fingerprint density at radius 3 is 0.803 bits per heavy atom. The average Bonchev–Trinajstić information content (AvgIpc) is 3.39. The van der Waals surface area contributed by atoms with E-state index in [0.717, 1.165) is 0 Å². The summed E-state index contributed by atoms with van der Waals surface area (Å²) in [6.07, 6.45) is 0. The Morgan fingerprint density at radius 1 is 0.136 bits per heavy atom. The molecule has 0 unspecified atom stereocenters. The molecular formula is C66H42. The third-order valence-corrected chi connectivity index (χ3v) is 13.8. The molecule has 0 amide bonds. The summed E-state index contributed by atoms with van der Waals surface area (Å²) in [6.45, 7) is 0. The Balaban J connectivity index is 0.905. The second-order valence-corrected chi connectivity index (χ2v) is 17.5. The molecule has 0 heteroatoms. The van der Waals surface area contributed by atoms with Crippen LogP contribution in [0.4, 0.5) is 0 Å². The predicted molar refractivity (Wildman–Crippen MR) is 284 cm³/mol. The molecule has 0 atom stereocenters. The summed E-state index contributed by atoms with van der Waals surface area (Å²) >= 11 is 0. The normalized spacial score (nSPS) is 11.6. The zero-order valence-corrected chi connectivity index (χ0v) is 36.2. The van der Waals surface area contributed by atoms with Crippen molar-refractivity contribution in [1.82, 2.24) is 0 Å². The molecule has 0 radical (unpaired) electrons. The molecule has 0 aliphatic heterocycles. The van der Waals surface area contributed by atoms with E-state index in [9.17, 15) is 0 Å². The molecule has 306 valence electrons. The molecule has 0 bridgehead atoms. The van der Waals surface area contributed by atoms with Crippen LogP contribution in [0.1, 0.15) is 0 Å². The quantitative estimate of drug-likeness (QED) is 0.116. The molecule has 0 N–H and O–H groups in total. The molecule has 0 aliphatic carbocycles. The maximum atomic E-state index is 2.40. The van der Waals surface area contributed by atoms with E-state index < -0.39 is 0 Å². The van der Waals surface area contributed by atoms with E-state index in [4.69, 9.17) is 0 Å². The topological polar surface area (TPSA) is 0 Å². The summed E-state index contributed by atoms with van der Waals surface area (Å²) in [5, 5.41) is 15.1. The maximum absolute atomic E-state index is 2.40. The van der Waals surface area contributed by atoms with Gasteiger partial charge in [0.1, 0.15) is 0 Å². The van der Waals surface area contributed by atoms with Gasteiger partial charge in [0.05, 0.1) is 0 Å². The average molecular weight is 835 g/mol. The second-order valence-electron chi connectivity index (χ2n) is 17.5. The van der Waals surface area contributed by atoms with Crippen LogP contribution in [0.25, 0.3) is 131 Å². The number of hydrogen-bond donors (Lipinski definition) is 0. The SMILES string of the molecule is c1ccc(-c2c3ccccc3c(-c3ccc(-c4ccc5ccc6ccc(-c7cccc(-c8c9ccccc9c(-c9ccccc9)c9ccccc89)c7)cc6c5c4)cc3)c3ccccc23)cc1. The molecular weight excluding hydrogens is 793 g/mol. The van der Waals surface area contributed by atoms with Crippen molar-refractivity contribution in [2.24, 2.45) is 0 Å². The lowest BCUT2D eigenvalue weighted by Gasteiger charge is -2.18. The lowest BCUT2D eigenvalue weighted by molar-refractivity contribution is 1.62. The van der Waals surface area contributed by atoms with Gasteiger partial charge in [-0.15, -0.1) is 0 Å². The van der Waals surface area contributed by atoms with Crippen LogP contribution in [0.2, 0.25) is 0 Å². The van der Waals surface area contributed by atoms with Crippen molar-refractivity contribution in [2.45, 2.75) is 0 Å². The smallest absolute Gasteiger partial charge is 0.00262 e. The molecule has 13 rings (SSSR count). The zero-order chi connectivity index (χ0) is 43.6. The van der Waals surface area contributed by atoms with Gasteiger partial charge < -0.3 is 0 Å². The van der Waals surface area contributed by atoms with Crippen LogP contribution >= 0.6 is 0 Å². The molecule has 13 aromatic carbocycles. The third-order valence-electron chi connectivity index (χ3n) is 13.8. The minimum Gasteiger partial charge on any atom is -0.0622 e. The van der Waals surface area contributed by atoms with E-state index in [1.54, 1.807) is 0 Å². The fourth-order valence-electron chi connectivity index (χ4n) is 10.8. The molecule has 0 aliphatic rings.